The van der Waals surface area contributed by atoms with Crippen LogP contribution in [0, 0.1) is 0 Å². The number of benzene rings is 2. The zero-order chi connectivity index (χ0) is 20.9. The van der Waals surface area contributed by atoms with Crippen molar-refractivity contribution >= 4 is 40.4 Å². The molecule has 3 aromatic rings. The molecule has 0 spiro atoms. The number of rotatable bonds is 6. The summed E-state index contributed by atoms with van der Waals surface area (Å²) in [7, 11) is 1.96. The van der Waals surface area contributed by atoms with Gasteiger partial charge in [-0.25, -0.2) is 4.98 Å². The molecule has 30 heavy (non-hydrogen) atoms. The van der Waals surface area contributed by atoms with E-state index in [9.17, 15) is 0 Å². The van der Waals surface area contributed by atoms with E-state index < -0.39 is 0 Å². The zero-order valence-electron chi connectivity index (χ0n) is 16.8. The Labute approximate surface area is 187 Å². The summed E-state index contributed by atoms with van der Waals surface area (Å²) < 4.78 is 5.49. The van der Waals surface area contributed by atoms with Crippen molar-refractivity contribution in [3.05, 3.63) is 70.2 Å². The van der Waals surface area contributed by atoms with Gasteiger partial charge in [0, 0.05) is 36.6 Å². The van der Waals surface area contributed by atoms with Crippen LogP contribution >= 0.6 is 23.2 Å². The minimum absolute atomic E-state index is 0.582. The minimum atomic E-state index is 0.582. The van der Waals surface area contributed by atoms with Gasteiger partial charge >= 0.3 is 0 Å². The molecule has 1 aliphatic rings. The predicted molar refractivity (Wildman–Crippen MR) is 125 cm³/mol. The fourth-order valence-corrected chi connectivity index (χ4v) is 4.23. The lowest BCUT2D eigenvalue weighted by molar-refractivity contribution is 0.122. The topological polar surface area (TPSA) is 49.4 Å². The highest BCUT2D eigenvalue weighted by molar-refractivity contribution is 6.39. The first-order valence-corrected chi connectivity index (χ1v) is 10.7. The third kappa shape index (κ3) is 4.71. The first kappa shape index (κ1) is 20.9. The van der Waals surface area contributed by atoms with Crippen LogP contribution in [-0.4, -0.2) is 38.3 Å². The Morgan fingerprint density at radius 2 is 1.73 bits per heavy atom. The molecule has 1 saturated heterocycles. The minimum Gasteiger partial charge on any atom is -0.378 e. The van der Waals surface area contributed by atoms with E-state index in [1.807, 2.05) is 43.4 Å². The van der Waals surface area contributed by atoms with E-state index in [1.54, 1.807) is 0 Å². The molecule has 5 nitrogen and oxygen atoms in total. The number of halogens is 2. The molecule has 1 aromatic heterocycles. The van der Waals surface area contributed by atoms with Crippen LogP contribution in [0.4, 0.5) is 17.2 Å². The van der Waals surface area contributed by atoms with Crippen molar-refractivity contribution in [3.8, 4) is 11.3 Å². The average Bonchev–Trinajstić information content (AvgIpc) is 2.75. The van der Waals surface area contributed by atoms with Gasteiger partial charge in [-0.15, -0.1) is 0 Å². The highest BCUT2D eigenvalue weighted by atomic mass is 35.5. The van der Waals surface area contributed by atoms with Gasteiger partial charge in [-0.3, -0.25) is 0 Å². The fourth-order valence-electron chi connectivity index (χ4n) is 3.64. The molecular formula is C23H24Cl2N4O. The van der Waals surface area contributed by atoms with Gasteiger partial charge < -0.3 is 20.3 Å². The third-order valence-electron chi connectivity index (χ3n) is 5.04. The summed E-state index contributed by atoms with van der Waals surface area (Å²) in [5.41, 5.74) is 4.92. The van der Waals surface area contributed by atoms with E-state index >= 15 is 0 Å². The van der Waals surface area contributed by atoms with E-state index in [2.05, 4.69) is 33.7 Å². The lowest BCUT2D eigenvalue weighted by atomic mass is 10.1. The Kier molecular flexibility index (Phi) is 6.75. The summed E-state index contributed by atoms with van der Waals surface area (Å²) in [6, 6.07) is 17.7. The van der Waals surface area contributed by atoms with Gasteiger partial charge in [0.25, 0.3) is 0 Å². The molecule has 2 heterocycles. The first-order chi connectivity index (χ1) is 14.7. The van der Waals surface area contributed by atoms with Gasteiger partial charge in [0.15, 0.2) is 0 Å². The van der Waals surface area contributed by atoms with Crippen LogP contribution in [0.25, 0.3) is 11.3 Å². The van der Waals surface area contributed by atoms with Crippen molar-refractivity contribution < 1.29 is 4.74 Å². The molecule has 1 fully saturated rings. The summed E-state index contributed by atoms with van der Waals surface area (Å²) >= 11 is 12.7. The van der Waals surface area contributed by atoms with Crippen molar-refractivity contribution in [1.29, 1.82) is 0 Å². The van der Waals surface area contributed by atoms with Crippen molar-refractivity contribution in [1.82, 2.24) is 10.3 Å². The second-order valence-corrected chi connectivity index (χ2v) is 7.92. The van der Waals surface area contributed by atoms with Crippen molar-refractivity contribution in [3.63, 3.8) is 0 Å². The van der Waals surface area contributed by atoms with E-state index in [4.69, 9.17) is 32.9 Å². The van der Waals surface area contributed by atoms with Crippen molar-refractivity contribution in [2.75, 3.05) is 43.6 Å². The number of nitrogens with one attached hydrogen (secondary N) is 2. The number of anilines is 3. The highest BCUT2D eigenvalue weighted by Gasteiger charge is 2.15. The quantitative estimate of drug-likeness (QED) is 0.538. The molecule has 1 aliphatic heterocycles. The lowest BCUT2D eigenvalue weighted by Gasteiger charge is -2.31. The second-order valence-electron chi connectivity index (χ2n) is 7.10. The molecule has 2 aromatic carbocycles. The number of pyridine rings is 1. The molecule has 2 N–H and O–H groups in total. The Balaban J connectivity index is 1.60. The van der Waals surface area contributed by atoms with Gasteiger partial charge in [0.1, 0.15) is 5.82 Å². The summed E-state index contributed by atoms with van der Waals surface area (Å²) in [5.74, 6) is 0.734. The number of morpholine rings is 1. The summed E-state index contributed by atoms with van der Waals surface area (Å²) in [6.07, 6.45) is 0. The summed E-state index contributed by atoms with van der Waals surface area (Å²) in [5, 5.41) is 7.84. The maximum absolute atomic E-state index is 6.36. The van der Waals surface area contributed by atoms with Crippen LogP contribution < -0.4 is 15.5 Å². The Hall–Kier alpha value is -2.31. The number of aromatic nitrogens is 1. The predicted octanol–water partition coefficient (Wildman–Crippen LogP) is 5.36. The van der Waals surface area contributed by atoms with Crippen LogP contribution in [0.2, 0.25) is 10.0 Å². The summed E-state index contributed by atoms with van der Waals surface area (Å²) in [6.45, 7) is 4.13. The molecule has 7 heteroatoms. The van der Waals surface area contributed by atoms with Crippen molar-refractivity contribution in [2.24, 2.45) is 0 Å². The van der Waals surface area contributed by atoms with Crippen molar-refractivity contribution in [2.45, 2.75) is 6.54 Å². The molecule has 0 amide bonds. The lowest BCUT2D eigenvalue weighted by Crippen LogP contribution is -2.37. The zero-order valence-corrected chi connectivity index (χ0v) is 18.3. The second kappa shape index (κ2) is 9.67. The molecule has 0 unspecified atom stereocenters. The van der Waals surface area contributed by atoms with Crippen LogP contribution in [0.1, 0.15) is 5.56 Å². The smallest absolute Gasteiger partial charge is 0.131 e. The third-order valence-corrected chi connectivity index (χ3v) is 5.67. The van der Waals surface area contributed by atoms with E-state index in [0.717, 1.165) is 55.6 Å². The fraction of sp³-hybridized carbons (Fsp3) is 0.261. The molecule has 0 atom stereocenters. The van der Waals surface area contributed by atoms with Crippen LogP contribution in [0.15, 0.2) is 54.6 Å². The van der Waals surface area contributed by atoms with E-state index in [1.165, 1.54) is 11.3 Å². The highest BCUT2D eigenvalue weighted by Crippen LogP contribution is 2.34. The number of hydrogen-bond acceptors (Lipinski definition) is 5. The maximum Gasteiger partial charge on any atom is 0.131 e. The molecular weight excluding hydrogens is 419 g/mol. The molecule has 0 bridgehead atoms. The molecule has 4 rings (SSSR count). The van der Waals surface area contributed by atoms with Gasteiger partial charge in [0.2, 0.25) is 0 Å². The van der Waals surface area contributed by atoms with Gasteiger partial charge in [-0.1, -0.05) is 35.3 Å². The Bertz CT molecular complexity index is 1000. The van der Waals surface area contributed by atoms with Crippen LogP contribution in [-0.2, 0) is 11.3 Å². The molecule has 0 saturated carbocycles. The largest absolute Gasteiger partial charge is 0.378 e. The van der Waals surface area contributed by atoms with E-state index in [0.29, 0.717) is 10.0 Å². The van der Waals surface area contributed by atoms with Gasteiger partial charge in [-0.2, -0.15) is 0 Å². The Morgan fingerprint density at radius 3 is 2.47 bits per heavy atom. The SMILES string of the molecule is CNCc1cc(Nc2cccc(-c3c(Cl)cccc3Cl)n2)ccc1N1CCOCC1. The molecule has 0 aliphatic carbocycles. The summed E-state index contributed by atoms with van der Waals surface area (Å²) in [4.78, 5) is 7.10. The van der Waals surface area contributed by atoms with E-state index in [-0.39, 0.29) is 0 Å². The van der Waals surface area contributed by atoms with Gasteiger partial charge in [0.05, 0.1) is 29.0 Å². The van der Waals surface area contributed by atoms with Crippen LogP contribution in [0.3, 0.4) is 0 Å². The van der Waals surface area contributed by atoms with Crippen LogP contribution in [0.5, 0.6) is 0 Å². The first-order valence-electron chi connectivity index (χ1n) is 9.94. The van der Waals surface area contributed by atoms with Gasteiger partial charge in [-0.05, 0) is 55.1 Å². The normalized spacial score (nSPS) is 14.0. The maximum atomic E-state index is 6.36. The molecule has 0 radical (unpaired) electrons. The average molecular weight is 443 g/mol. The number of hydrogen-bond donors (Lipinski definition) is 2. The Morgan fingerprint density at radius 1 is 1.00 bits per heavy atom. The monoisotopic (exact) mass is 442 g/mol. The number of ether oxygens (including phenoxy) is 1. The molecule has 156 valence electrons. The standard InChI is InChI=1S/C23H24Cl2N4O/c1-26-15-16-14-17(8-9-21(16)29-10-12-30-13-11-29)27-22-7-3-6-20(28-22)23-18(24)4-2-5-19(23)25/h2-9,14,26H,10-13,15H2,1H3,(H,27,28). The number of nitrogens with zero attached hydrogens (tertiary/aromatic N) is 2.